The van der Waals surface area contributed by atoms with Crippen LogP contribution in [0.2, 0.25) is 0 Å². The summed E-state index contributed by atoms with van der Waals surface area (Å²) in [7, 11) is 1.82. The molecular formula is C9H20IN3. The van der Waals surface area contributed by atoms with Crippen molar-refractivity contribution in [3.8, 4) is 0 Å². The lowest BCUT2D eigenvalue weighted by molar-refractivity contribution is 0.616. The van der Waals surface area contributed by atoms with E-state index in [0.717, 1.165) is 12.5 Å². The molecule has 0 aromatic heterocycles. The van der Waals surface area contributed by atoms with E-state index < -0.39 is 0 Å². The van der Waals surface area contributed by atoms with Crippen molar-refractivity contribution in [1.82, 2.24) is 10.6 Å². The molecule has 0 spiro atoms. The van der Waals surface area contributed by atoms with E-state index in [-0.39, 0.29) is 24.0 Å². The predicted octanol–water partition coefficient (Wildman–Crippen LogP) is 1.73. The van der Waals surface area contributed by atoms with Crippen molar-refractivity contribution in [3.05, 3.63) is 0 Å². The first-order chi connectivity index (χ1) is 5.86. The lowest BCUT2D eigenvalue weighted by Gasteiger charge is -2.15. The van der Waals surface area contributed by atoms with E-state index in [0.29, 0.717) is 6.04 Å². The van der Waals surface area contributed by atoms with E-state index >= 15 is 0 Å². The lowest BCUT2D eigenvalue weighted by Crippen LogP contribution is -2.42. The van der Waals surface area contributed by atoms with Gasteiger partial charge in [0.2, 0.25) is 0 Å². The van der Waals surface area contributed by atoms with Gasteiger partial charge in [0.05, 0.1) is 0 Å². The largest absolute Gasteiger partial charge is 0.357 e. The summed E-state index contributed by atoms with van der Waals surface area (Å²) >= 11 is 0. The Hall–Kier alpha value is 0. The second kappa shape index (κ2) is 7.41. The highest BCUT2D eigenvalue weighted by molar-refractivity contribution is 14.0. The number of guanidine groups is 1. The maximum absolute atomic E-state index is 4.14. The van der Waals surface area contributed by atoms with E-state index in [1.165, 1.54) is 25.7 Å². The molecule has 2 N–H and O–H groups in total. The molecule has 0 atom stereocenters. The molecule has 0 aliphatic heterocycles. The van der Waals surface area contributed by atoms with Gasteiger partial charge >= 0.3 is 0 Å². The zero-order chi connectivity index (χ0) is 8.81. The van der Waals surface area contributed by atoms with Crippen molar-refractivity contribution in [3.63, 3.8) is 0 Å². The first kappa shape index (κ1) is 13.0. The van der Waals surface area contributed by atoms with Crippen molar-refractivity contribution in [2.75, 3.05) is 13.6 Å². The molecule has 0 aromatic rings. The molecule has 1 aliphatic rings. The van der Waals surface area contributed by atoms with E-state index in [2.05, 4.69) is 22.5 Å². The van der Waals surface area contributed by atoms with Gasteiger partial charge in [-0.15, -0.1) is 24.0 Å². The Morgan fingerprint density at radius 3 is 2.46 bits per heavy atom. The van der Waals surface area contributed by atoms with Gasteiger partial charge in [-0.05, 0) is 19.8 Å². The SMILES string of the molecule is CCNC(=NC)NC1CCCC1.I. The van der Waals surface area contributed by atoms with Gasteiger partial charge in [-0.25, -0.2) is 0 Å². The molecule has 4 heteroatoms. The minimum Gasteiger partial charge on any atom is -0.357 e. The summed E-state index contributed by atoms with van der Waals surface area (Å²) in [6, 6.07) is 0.655. The Morgan fingerprint density at radius 1 is 1.38 bits per heavy atom. The van der Waals surface area contributed by atoms with Crippen LogP contribution in [0, 0.1) is 0 Å². The van der Waals surface area contributed by atoms with Crippen LogP contribution in [0.3, 0.4) is 0 Å². The predicted molar refractivity (Wildman–Crippen MR) is 67.8 cm³/mol. The third-order valence-electron chi connectivity index (χ3n) is 2.26. The molecule has 1 aliphatic carbocycles. The number of hydrogen-bond acceptors (Lipinski definition) is 1. The molecule has 13 heavy (non-hydrogen) atoms. The van der Waals surface area contributed by atoms with Crippen LogP contribution < -0.4 is 10.6 Å². The standard InChI is InChI=1S/C9H19N3.HI/c1-3-11-9(10-2)12-8-6-4-5-7-8;/h8H,3-7H2,1-2H3,(H2,10,11,12);1H. The summed E-state index contributed by atoms with van der Waals surface area (Å²) in [5.74, 6) is 0.949. The third-order valence-corrected chi connectivity index (χ3v) is 2.26. The van der Waals surface area contributed by atoms with Crippen LogP contribution >= 0.6 is 24.0 Å². The van der Waals surface area contributed by atoms with Gasteiger partial charge in [0, 0.05) is 19.6 Å². The van der Waals surface area contributed by atoms with E-state index in [1.54, 1.807) is 0 Å². The third kappa shape index (κ3) is 4.69. The van der Waals surface area contributed by atoms with Gasteiger partial charge in [-0.2, -0.15) is 0 Å². The van der Waals surface area contributed by atoms with E-state index in [4.69, 9.17) is 0 Å². The number of nitrogens with zero attached hydrogens (tertiary/aromatic N) is 1. The smallest absolute Gasteiger partial charge is 0.191 e. The Kier molecular flexibility index (Phi) is 7.41. The average molecular weight is 297 g/mol. The number of aliphatic imine (C=N–C) groups is 1. The molecule has 0 aromatic carbocycles. The van der Waals surface area contributed by atoms with E-state index in [1.807, 2.05) is 7.05 Å². The zero-order valence-electron chi connectivity index (χ0n) is 8.47. The summed E-state index contributed by atoms with van der Waals surface area (Å²) in [6.07, 6.45) is 5.32. The molecule has 0 saturated heterocycles. The molecule has 0 unspecified atom stereocenters. The van der Waals surface area contributed by atoms with Gasteiger partial charge in [-0.3, -0.25) is 4.99 Å². The highest BCUT2D eigenvalue weighted by atomic mass is 127. The molecule has 0 heterocycles. The fourth-order valence-corrected chi connectivity index (χ4v) is 1.63. The van der Waals surface area contributed by atoms with Crippen LogP contribution in [0.1, 0.15) is 32.6 Å². The Labute approximate surface area is 97.8 Å². The van der Waals surface area contributed by atoms with Crippen molar-refractivity contribution in [2.45, 2.75) is 38.6 Å². The fourth-order valence-electron chi connectivity index (χ4n) is 1.63. The highest BCUT2D eigenvalue weighted by Gasteiger charge is 2.15. The number of nitrogens with one attached hydrogen (secondary N) is 2. The fraction of sp³-hybridized carbons (Fsp3) is 0.889. The molecule has 0 bridgehead atoms. The molecule has 0 amide bonds. The zero-order valence-corrected chi connectivity index (χ0v) is 10.8. The molecule has 78 valence electrons. The van der Waals surface area contributed by atoms with Crippen LogP contribution in [0.25, 0.3) is 0 Å². The quantitative estimate of drug-likeness (QED) is 0.463. The van der Waals surface area contributed by atoms with Crippen LogP contribution in [0.4, 0.5) is 0 Å². The number of rotatable bonds is 2. The average Bonchev–Trinajstić information content (AvgIpc) is 2.56. The monoisotopic (exact) mass is 297 g/mol. The van der Waals surface area contributed by atoms with Crippen LogP contribution in [-0.2, 0) is 0 Å². The van der Waals surface area contributed by atoms with Crippen LogP contribution in [-0.4, -0.2) is 25.6 Å². The Morgan fingerprint density at radius 2 is 2.00 bits per heavy atom. The summed E-state index contributed by atoms with van der Waals surface area (Å²) in [5, 5.41) is 6.60. The van der Waals surface area contributed by atoms with Crippen LogP contribution in [0.5, 0.6) is 0 Å². The minimum atomic E-state index is 0. The van der Waals surface area contributed by atoms with Gasteiger partial charge < -0.3 is 10.6 Å². The minimum absolute atomic E-state index is 0. The summed E-state index contributed by atoms with van der Waals surface area (Å²) in [6.45, 7) is 3.02. The topological polar surface area (TPSA) is 36.4 Å². The normalized spacial score (nSPS) is 18.2. The Balaban J connectivity index is 0.00000144. The molecule has 3 nitrogen and oxygen atoms in total. The van der Waals surface area contributed by atoms with Gasteiger partial charge in [0.1, 0.15) is 0 Å². The maximum Gasteiger partial charge on any atom is 0.191 e. The lowest BCUT2D eigenvalue weighted by atomic mass is 10.2. The van der Waals surface area contributed by atoms with Gasteiger partial charge in [0.25, 0.3) is 0 Å². The maximum atomic E-state index is 4.14. The summed E-state index contributed by atoms with van der Waals surface area (Å²) in [5.41, 5.74) is 0. The number of hydrogen-bond donors (Lipinski definition) is 2. The Bertz CT molecular complexity index is 153. The van der Waals surface area contributed by atoms with E-state index in [9.17, 15) is 0 Å². The van der Waals surface area contributed by atoms with Crippen molar-refractivity contribution >= 4 is 29.9 Å². The molecule has 1 fully saturated rings. The van der Waals surface area contributed by atoms with Crippen molar-refractivity contribution in [2.24, 2.45) is 4.99 Å². The first-order valence-electron chi connectivity index (χ1n) is 4.84. The highest BCUT2D eigenvalue weighted by Crippen LogP contribution is 2.17. The first-order valence-corrected chi connectivity index (χ1v) is 4.84. The second-order valence-corrected chi connectivity index (χ2v) is 3.23. The second-order valence-electron chi connectivity index (χ2n) is 3.23. The molecule has 0 radical (unpaired) electrons. The molecular weight excluding hydrogens is 277 g/mol. The summed E-state index contributed by atoms with van der Waals surface area (Å²) < 4.78 is 0. The van der Waals surface area contributed by atoms with Crippen molar-refractivity contribution in [1.29, 1.82) is 0 Å². The molecule has 1 saturated carbocycles. The van der Waals surface area contributed by atoms with Gasteiger partial charge in [0.15, 0.2) is 5.96 Å². The summed E-state index contributed by atoms with van der Waals surface area (Å²) in [4.78, 5) is 4.14. The molecule has 1 rings (SSSR count). The van der Waals surface area contributed by atoms with Crippen LogP contribution in [0.15, 0.2) is 4.99 Å². The number of halogens is 1. The van der Waals surface area contributed by atoms with Gasteiger partial charge in [-0.1, -0.05) is 12.8 Å². The van der Waals surface area contributed by atoms with Crippen molar-refractivity contribution < 1.29 is 0 Å².